The summed E-state index contributed by atoms with van der Waals surface area (Å²) in [4.78, 5) is 14.5. The largest absolute Gasteiger partial charge is 0.480 e. The molecule has 110 valence electrons. The van der Waals surface area contributed by atoms with Crippen LogP contribution in [0.5, 0.6) is 5.75 Å². The standard InChI is InChI=1S/C14H14FN3O3/c1-2-16-14-5-3-4-11(17-14)9-21-13-7-6-10(15)8-12(13)18(19)20/h3-8H,2,9H2,1H3,(H,16,17). The number of hydrogen-bond donors (Lipinski definition) is 1. The molecule has 0 atom stereocenters. The van der Waals surface area contributed by atoms with Crippen LogP contribution in [0.4, 0.5) is 15.9 Å². The maximum atomic E-state index is 13.0. The van der Waals surface area contributed by atoms with Crippen molar-refractivity contribution >= 4 is 11.5 Å². The lowest BCUT2D eigenvalue weighted by atomic mass is 10.3. The molecule has 0 aliphatic heterocycles. The van der Waals surface area contributed by atoms with Crippen molar-refractivity contribution in [3.63, 3.8) is 0 Å². The topological polar surface area (TPSA) is 77.3 Å². The fraction of sp³-hybridized carbons (Fsp3) is 0.214. The highest BCUT2D eigenvalue weighted by Crippen LogP contribution is 2.28. The number of anilines is 1. The summed E-state index contributed by atoms with van der Waals surface area (Å²) in [6.07, 6.45) is 0. The predicted molar refractivity (Wildman–Crippen MR) is 75.8 cm³/mol. The van der Waals surface area contributed by atoms with Crippen molar-refractivity contribution in [2.24, 2.45) is 0 Å². The normalized spacial score (nSPS) is 10.2. The van der Waals surface area contributed by atoms with Crippen molar-refractivity contribution in [2.45, 2.75) is 13.5 Å². The van der Waals surface area contributed by atoms with E-state index < -0.39 is 16.4 Å². The molecule has 1 aromatic carbocycles. The summed E-state index contributed by atoms with van der Waals surface area (Å²) in [6.45, 7) is 2.75. The first-order valence-electron chi connectivity index (χ1n) is 6.36. The van der Waals surface area contributed by atoms with Crippen molar-refractivity contribution in [3.8, 4) is 5.75 Å². The Hall–Kier alpha value is -2.70. The van der Waals surface area contributed by atoms with Crippen molar-refractivity contribution in [1.29, 1.82) is 0 Å². The number of hydrogen-bond acceptors (Lipinski definition) is 5. The van der Waals surface area contributed by atoms with Gasteiger partial charge < -0.3 is 10.1 Å². The summed E-state index contributed by atoms with van der Waals surface area (Å²) in [6, 6.07) is 8.55. The number of benzene rings is 1. The van der Waals surface area contributed by atoms with Crippen LogP contribution in [0.25, 0.3) is 0 Å². The number of nitro groups is 1. The summed E-state index contributed by atoms with van der Waals surface area (Å²) in [7, 11) is 0. The molecule has 0 aliphatic carbocycles. The van der Waals surface area contributed by atoms with E-state index >= 15 is 0 Å². The van der Waals surface area contributed by atoms with Gasteiger partial charge in [-0.05, 0) is 31.2 Å². The van der Waals surface area contributed by atoms with Gasteiger partial charge in [0.1, 0.15) is 18.2 Å². The van der Waals surface area contributed by atoms with E-state index in [4.69, 9.17) is 4.74 Å². The summed E-state index contributed by atoms with van der Waals surface area (Å²) >= 11 is 0. The third kappa shape index (κ3) is 3.88. The molecule has 1 aromatic heterocycles. The molecule has 0 spiro atoms. The zero-order chi connectivity index (χ0) is 15.2. The summed E-state index contributed by atoms with van der Waals surface area (Å²) in [5.41, 5.74) is 0.213. The smallest absolute Gasteiger partial charge is 0.313 e. The van der Waals surface area contributed by atoms with E-state index in [1.165, 1.54) is 6.07 Å². The van der Waals surface area contributed by atoms with Crippen LogP contribution < -0.4 is 10.1 Å². The molecule has 1 heterocycles. The van der Waals surface area contributed by atoms with E-state index in [0.717, 1.165) is 18.7 Å². The molecule has 0 unspecified atom stereocenters. The molecular formula is C14H14FN3O3. The van der Waals surface area contributed by atoms with E-state index in [1.54, 1.807) is 6.07 Å². The average molecular weight is 291 g/mol. The molecule has 2 aromatic rings. The van der Waals surface area contributed by atoms with E-state index in [1.807, 2.05) is 19.1 Å². The second-order valence-electron chi connectivity index (χ2n) is 4.20. The number of halogens is 1. The lowest BCUT2D eigenvalue weighted by molar-refractivity contribution is -0.386. The van der Waals surface area contributed by atoms with Crippen LogP contribution in [-0.2, 0) is 6.61 Å². The van der Waals surface area contributed by atoms with Crippen LogP contribution >= 0.6 is 0 Å². The van der Waals surface area contributed by atoms with Crippen molar-refractivity contribution < 1.29 is 14.1 Å². The van der Waals surface area contributed by atoms with Crippen LogP contribution in [0.15, 0.2) is 36.4 Å². The maximum Gasteiger partial charge on any atom is 0.313 e. The maximum absolute atomic E-state index is 13.0. The minimum absolute atomic E-state index is 0.0112. The predicted octanol–water partition coefficient (Wildman–Crippen LogP) is 3.14. The molecule has 7 heteroatoms. The minimum Gasteiger partial charge on any atom is -0.480 e. The van der Waals surface area contributed by atoms with Gasteiger partial charge in [-0.15, -0.1) is 0 Å². The lowest BCUT2D eigenvalue weighted by Gasteiger charge is -2.08. The molecule has 0 radical (unpaired) electrons. The Bertz CT molecular complexity index is 649. The van der Waals surface area contributed by atoms with Gasteiger partial charge in [-0.2, -0.15) is 0 Å². The van der Waals surface area contributed by atoms with Crippen LogP contribution in [-0.4, -0.2) is 16.5 Å². The molecule has 0 bridgehead atoms. The Labute approximate surface area is 120 Å². The van der Waals surface area contributed by atoms with Crippen LogP contribution in [0.2, 0.25) is 0 Å². The van der Waals surface area contributed by atoms with E-state index in [0.29, 0.717) is 11.5 Å². The molecule has 21 heavy (non-hydrogen) atoms. The van der Waals surface area contributed by atoms with Crippen molar-refractivity contribution in [2.75, 3.05) is 11.9 Å². The van der Waals surface area contributed by atoms with Gasteiger partial charge in [-0.1, -0.05) is 6.07 Å². The Kier molecular flexibility index (Phi) is 4.65. The second kappa shape index (κ2) is 6.65. The lowest BCUT2D eigenvalue weighted by Crippen LogP contribution is -2.04. The number of aromatic nitrogens is 1. The van der Waals surface area contributed by atoms with Crippen LogP contribution in [0, 0.1) is 15.9 Å². The number of pyridine rings is 1. The SMILES string of the molecule is CCNc1cccc(COc2ccc(F)cc2[N+](=O)[O-])n1. The first kappa shape index (κ1) is 14.7. The second-order valence-corrected chi connectivity index (χ2v) is 4.20. The van der Waals surface area contributed by atoms with Crippen LogP contribution in [0.3, 0.4) is 0 Å². The van der Waals surface area contributed by atoms with Gasteiger partial charge in [-0.25, -0.2) is 9.37 Å². The Morgan fingerprint density at radius 1 is 1.38 bits per heavy atom. The highest BCUT2D eigenvalue weighted by molar-refractivity contribution is 5.46. The Morgan fingerprint density at radius 3 is 2.90 bits per heavy atom. The molecule has 0 saturated heterocycles. The van der Waals surface area contributed by atoms with E-state index in [2.05, 4.69) is 10.3 Å². The molecule has 2 rings (SSSR count). The third-order valence-electron chi connectivity index (χ3n) is 2.66. The molecule has 1 N–H and O–H groups in total. The summed E-state index contributed by atoms with van der Waals surface area (Å²) in [5, 5.41) is 13.9. The van der Waals surface area contributed by atoms with Gasteiger partial charge in [0.25, 0.3) is 0 Å². The van der Waals surface area contributed by atoms with Crippen molar-refractivity contribution in [3.05, 3.63) is 58.0 Å². The monoisotopic (exact) mass is 291 g/mol. The van der Waals surface area contributed by atoms with Crippen molar-refractivity contribution in [1.82, 2.24) is 4.98 Å². The number of nitrogens with one attached hydrogen (secondary N) is 1. The molecule has 6 nitrogen and oxygen atoms in total. The number of nitro benzene ring substituents is 1. The van der Waals surface area contributed by atoms with Gasteiger partial charge in [0.15, 0.2) is 5.75 Å². The van der Waals surface area contributed by atoms with Gasteiger partial charge in [0.05, 0.1) is 16.7 Å². The molecular weight excluding hydrogens is 277 g/mol. The number of nitrogens with zero attached hydrogens (tertiary/aromatic N) is 2. The van der Waals surface area contributed by atoms with Crippen LogP contribution in [0.1, 0.15) is 12.6 Å². The Morgan fingerprint density at radius 2 is 2.19 bits per heavy atom. The Balaban J connectivity index is 2.13. The summed E-state index contributed by atoms with van der Waals surface area (Å²) < 4.78 is 18.4. The van der Waals surface area contributed by atoms with Gasteiger partial charge in [-0.3, -0.25) is 10.1 Å². The fourth-order valence-electron chi connectivity index (χ4n) is 1.75. The number of rotatable bonds is 6. The quantitative estimate of drug-likeness (QED) is 0.653. The molecule has 0 aliphatic rings. The highest BCUT2D eigenvalue weighted by Gasteiger charge is 2.16. The van der Waals surface area contributed by atoms with Gasteiger partial charge in [0.2, 0.25) is 0 Å². The molecule has 0 amide bonds. The molecule has 0 saturated carbocycles. The zero-order valence-electron chi connectivity index (χ0n) is 11.4. The first-order chi connectivity index (χ1) is 10.1. The minimum atomic E-state index is -0.680. The van der Waals surface area contributed by atoms with E-state index in [9.17, 15) is 14.5 Å². The molecule has 0 fully saturated rings. The zero-order valence-corrected chi connectivity index (χ0v) is 11.4. The first-order valence-corrected chi connectivity index (χ1v) is 6.36. The highest BCUT2D eigenvalue weighted by atomic mass is 19.1. The van der Waals surface area contributed by atoms with Gasteiger partial charge in [0, 0.05) is 6.54 Å². The summed E-state index contributed by atoms with van der Waals surface area (Å²) in [5.74, 6) is 0.0329. The average Bonchev–Trinajstić information content (AvgIpc) is 2.46. The number of ether oxygens (including phenoxy) is 1. The third-order valence-corrected chi connectivity index (χ3v) is 2.66. The van der Waals surface area contributed by atoms with Gasteiger partial charge >= 0.3 is 5.69 Å². The fourth-order valence-corrected chi connectivity index (χ4v) is 1.75. The van der Waals surface area contributed by atoms with E-state index in [-0.39, 0.29) is 12.4 Å².